The van der Waals surface area contributed by atoms with Crippen molar-refractivity contribution in [2.75, 3.05) is 11.9 Å². The van der Waals surface area contributed by atoms with Crippen LogP contribution in [0.25, 0.3) is 0 Å². The number of rotatable bonds is 9. The van der Waals surface area contributed by atoms with E-state index in [-0.39, 0.29) is 73.0 Å². The van der Waals surface area contributed by atoms with Gasteiger partial charge in [-0.15, -0.1) is 0 Å². The van der Waals surface area contributed by atoms with Crippen LogP contribution in [0.15, 0.2) is 48.5 Å². The van der Waals surface area contributed by atoms with E-state index in [0.29, 0.717) is 16.5 Å². The zero-order valence-electron chi connectivity index (χ0n) is 23.8. The van der Waals surface area contributed by atoms with Crippen molar-refractivity contribution < 1.29 is 78.3 Å². The van der Waals surface area contributed by atoms with Crippen LogP contribution in [0.4, 0.5) is 0 Å². The van der Waals surface area contributed by atoms with E-state index < -0.39 is 11.9 Å². The number of hydrogen-bond donors (Lipinski definition) is 2. The minimum atomic E-state index is -1.08. The fourth-order valence-corrected chi connectivity index (χ4v) is 2.42. The predicted molar refractivity (Wildman–Crippen MR) is 146 cm³/mol. The molecule has 0 heterocycles. The molecule has 2 N–H and O–H groups in total. The Labute approximate surface area is 265 Å². The summed E-state index contributed by atoms with van der Waals surface area (Å²) < 4.78 is 9.42. The molecule has 1 unspecified atom stereocenters. The molecular weight excluding hydrogens is 599 g/mol. The third-order valence-electron chi connectivity index (χ3n) is 4.30. The molecule has 0 spiro atoms. The maximum atomic E-state index is 11.6. The molecule has 0 aliphatic heterocycles. The van der Waals surface area contributed by atoms with E-state index in [1.807, 2.05) is 6.92 Å². The third-order valence-corrected chi connectivity index (χ3v) is 4.80. The summed E-state index contributed by atoms with van der Waals surface area (Å²) in [4.78, 5) is 52.7. The van der Waals surface area contributed by atoms with Crippen LogP contribution >= 0.6 is 15.9 Å². The summed E-state index contributed by atoms with van der Waals surface area (Å²) in [6, 6.07) is 13.5. The zero-order chi connectivity index (χ0) is 30.4. The van der Waals surface area contributed by atoms with Crippen molar-refractivity contribution in [1.82, 2.24) is 0 Å². The van der Waals surface area contributed by atoms with Gasteiger partial charge in [0.25, 0.3) is 0 Å². The number of carbonyl (C=O) groups is 5. The van der Waals surface area contributed by atoms with E-state index >= 15 is 0 Å². The topological polar surface area (TPSA) is 167 Å². The van der Waals surface area contributed by atoms with Crippen molar-refractivity contribution in [3.63, 3.8) is 0 Å². The minimum absolute atomic E-state index is 0. The number of benzene rings is 2. The summed E-state index contributed by atoms with van der Waals surface area (Å²) >= 11 is 3.09. The Morgan fingerprint density at radius 2 is 1.20 bits per heavy atom. The largest absolute Gasteiger partial charge is 1.00 e. The van der Waals surface area contributed by atoms with Gasteiger partial charge in [-0.2, -0.15) is 0 Å². The number of ketones is 2. The van der Waals surface area contributed by atoms with Gasteiger partial charge >= 0.3 is 41.5 Å². The normalized spacial score (nSPS) is 9.80. The Morgan fingerprint density at radius 1 is 0.825 bits per heavy atom. The molecule has 0 saturated heterocycles. The molecule has 0 radical (unpaired) electrons. The fourth-order valence-electron chi connectivity index (χ4n) is 2.10. The molecular formula is C28H36BrNaO10. The molecule has 0 aliphatic carbocycles. The van der Waals surface area contributed by atoms with E-state index in [9.17, 15) is 19.2 Å². The number of aliphatic hydroxyl groups is 2. The first-order valence-electron chi connectivity index (χ1n) is 11.8. The molecule has 0 aromatic heterocycles. The number of carbonyl (C=O) groups excluding carboxylic acids is 5. The number of hydrogen-bond acceptors (Lipinski definition) is 10. The van der Waals surface area contributed by atoms with Crippen LogP contribution in [0.1, 0.15) is 72.9 Å². The van der Waals surface area contributed by atoms with Gasteiger partial charge in [-0.1, -0.05) is 71.4 Å². The first kappa shape index (κ1) is 42.1. The van der Waals surface area contributed by atoms with Gasteiger partial charge in [0.15, 0.2) is 18.2 Å². The molecule has 12 heteroatoms. The molecule has 40 heavy (non-hydrogen) atoms. The van der Waals surface area contributed by atoms with E-state index in [1.165, 1.54) is 13.8 Å². The molecule has 0 amide bonds. The second-order valence-electron chi connectivity index (χ2n) is 7.84. The van der Waals surface area contributed by atoms with Crippen LogP contribution in [0.2, 0.25) is 0 Å². The SMILES string of the molecule is CC(=O)OCC(=O)c1ccc(COC(C)=O)cc1.CC(=O)[O-].CCC(C)O.O=C(CBr)c1ccc(CO)cc1.[Na+]. The summed E-state index contributed by atoms with van der Waals surface area (Å²) in [5, 5.41) is 26.3. The van der Waals surface area contributed by atoms with Gasteiger partial charge in [0, 0.05) is 30.9 Å². The van der Waals surface area contributed by atoms with Crippen molar-refractivity contribution in [1.29, 1.82) is 0 Å². The second-order valence-corrected chi connectivity index (χ2v) is 8.40. The second kappa shape index (κ2) is 25.6. The Kier molecular flexibility index (Phi) is 26.9. The van der Waals surface area contributed by atoms with Gasteiger partial charge in [0.05, 0.1) is 18.0 Å². The number of Topliss-reactive ketones (excluding diaryl/α,β-unsaturated/α-hetero) is 2. The molecule has 1 atom stereocenters. The Bertz CT molecular complexity index is 1020. The number of aliphatic carboxylic acids is 1. The van der Waals surface area contributed by atoms with E-state index in [0.717, 1.165) is 24.5 Å². The Hall–Kier alpha value is -2.41. The summed E-state index contributed by atoms with van der Waals surface area (Å²) in [5.74, 6) is -2.15. The first-order chi connectivity index (χ1) is 18.3. The summed E-state index contributed by atoms with van der Waals surface area (Å²) in [5.41, 5.74) is 2.72. The first-order valence-corrected chi connectivity index (χ1v) is 12.9. The Balaban J connectivity index is -0.000000534. The van der Waals surface area contributed by atoms with Gasteiger partial charge in [-0.3, -0.25) is 19.2 Å². The van der Waals surface area contributed by atoms with Gasteiger partial charge in [0.1, 0.15) is 6.61 Å². The smallest absolute Gasteiger partial charge is 0.550 e. The maximum Gasteiger partial charge on any atom is 1.00 e. The quantitative estimate of drug-likeness (QED) is 0.163. The molecule has 0 bridgehead atoms. The van der Waals surface area contributed by atoms with E-state index in [2.05, 4.69) is 20.7 Å². The van der Waals surface area contributed by atoms with Gasteiger partial charge in [-0.25, -0.2) is 0 Å². The third kappa shape index (κ3) is 24.6. The van der Waals surface area contributed by atoms with Crippen LogP contribution in [0.5, 0.6) is 0 Å². The molecule has 0 aliphatic rings. The van der Waals surface area contributed by atoms with Crippen LogP contribution < -0.4 is 34.7 Å². The van der Waals surface area contributed by atoms with Crippen LogP contribution in [-0.4, -0.2) is 57.7 Å². The van der Waals surface area contributed by atoms with Crippen LogP contribution in [0.3, 0.4) is 0 Å². The molecule has 0 saturated carbocycles. The number of aliphatic hydroxyl groups excluding tert-OH is 2. The summed E-state index contributed by atoms with van der Waals surface area (Å²) in [6.45, 7) is 7.20. The monoisotopic (exact) mass is 634 g/mol. The Morgan fingerprint density at radius 3 is 1.52 bits per heavy atom. The molecule has 2 aromatic carbocycles. The fraction of sp³-hybridized carbons (Fsp3) is 0.393. The number of ether oxygens (including phenoxy) is 2. The van der Waals surface area contributed by atoms with Crippen molar-refractivity contribution in [3.8, 4) is 0 Å². The molecule has 216 valence electrons. The maximum absolute atomic E-state index is 11.6. The van der Waals surface area contributed by atoms with Crippen LogP contribution in [-0.2, 0) is 37.1 Å². The summed E-state index contributed by atoms with van der Waals surface area (Å²) in [6.07, 6.45) is 0.745. The molecule has 2 rings (SSSR count). The number of alkyl halides is 1. The number of esters is 2. The number of halogens is 1. The molecule has 2 aromatic rings. The predicted octanol–water partition coefficient (Wildman–Crippen LogP) is -0.211. The van der Waals surface area contributed by atoms with Gasteiger partial charge < -0.3 is 29.6 Å². The van der Waals surface area contributed by atoms with E-state index in [4.69, 9.17) is 24.9 Å². The van der Waals surface area contributed by atoms with Crippen molar-refractivity contribution in [3.05, 3.63) is 70.8 Å². The standard InChI is InChI=1S/C13H14O5.C9H9BrO2.C4H10O.C2H4O2.Na/c1-9(14)17-7-11-3-5-12(6-4-11)13(16)8-18-10(2)15;10-5-9(12)8-3-1-7(6-11)2-4-8;1-3-4(2)5;1-2(3)4;/h3-6H,7-8H2,1-2H3;1-4,11H,5-6H2;4-5H,3H2,1-2H3;1H3,(H,3,4);/q;;;;+1/p-1. The zero-order valence-corrected chi connectivity index (χ0v) is 27.4. The van der Waals surface area contributed by atoms with Crippen molar-refractivity contribution >= 4 is 45.4 Å². The average molecular weight is 635 g/mol. The molecule has 0 fully saturated rings. The van der Waals surface area contributed by atoms with Gasteiger partial charge in [0.2, 0.25) is 0 Å². The number of carboxylic acid groups (broad SMARTS) is 1. The minimum Gasteiger partial charge on any atom is -0.550 e. The number of carboxylic acids is 1. The van der Waals surface area contributed by atoms with Crippen molar-refractivity contribution in [2.45, 2.75) is 60.4 Å². The average Bonchev–Trinajstić information content (AvgIpc) is 2.90. The summed E-state index contributed by atoms with van der Waals surface area (Å²) in [7, 11) is 0. The van der Waals surface area contributed by atoms with Gasteiger partial charge in [-0.05, 0) is 31.4 Å². The molecule has 10 nitrogen and oxygen atoms in total. The van der Waals surface area contributed by atoms with E-state index in [1.54, 1.807) is 55.5 Å². The van der Waals surface area contributed by atoms with Crippen molar-refractivity contribution in [2.24, 2.45) is 0 Å². The van der Waals surface area contributed by atoms with Crippen LogP contribution in [0, 0.1) is 0 Å².